The van der Waals surface area contributed by atoms with Gasteiger partial charge in [-0.25, -0.2) is 0 Å². The zero-order valence-electron chi connectivity index (χ0n) is 13.6. The molecule has 2 rings (SSSR count). The van der Waals surface area contributed by atoms with Crippen LogP contribution in [0.1, 0.15) is 25.0 Å². The van der Waals surface area contributed by atoms with Gasteiger partial charge in [-0.15, -0.1) is 0 Å². The maximum Gasteiger partial charge on any atom is 0.223 e. The quantitative estimate of drug-likeness (QED) is 0.338. The molecule has 128 valence electrons. The average Bonchev–Trinajstić information content (AvgIpc) is 3.29. The van der Waals surface area contributed by atoms with Crippen LogP contribution in [0.15, 0.2) is 27.8 Å². The Morgan fingerprint density at radius 2 is 2.09 bits per heavy atom. The van der Waals surface area contributed by atoms with Crippen LogP contribution >= 0.6 is 0 Å². The molecule has 7 heteroatoms. The average molecular weight is 322 g/mol. The highest BCUT2D eigenvalue weighted by molar-refractivity contribution is 5.81. The van der Waals surface area contributed by atoms with E-state index in [9.17, 15) is 4.79 Å². The molecular weight excluding hydrogens is 296 g/mol. The molecule has 1 saturated carbocycles. The second-order valence-corrected chi connectivity index (χ2v) is 5.48. The Balaban J connectivity index is 1.43. The van der Waals surface area contributed by atoms with Crippen LogP contribution < -0.4 is 16.0 Å². The Morgan fingerprint density at radius 1 is 1.30 bits per heavy atom. The van der Waals surface area contributed by atoms with Gasteiger partial charge in [0.1, 0.15) is 12.4 Å². The van der Waals surface area contributed by atoms with Crippen molar-refractivity contribution in [2.75, 3.05) is 33.3 Å². The van der Waals surface area contributed by atoms with Crippen LogP contribution in [0, 0.1) is 5.92 Å². The third kappa shape index (κ3) is 7.19. The van der Waals surface area contributed by atoms with E-state index in [1.165, 1.54) is 0 Å². The van der Waals surface area contributed by atoms with E-state index in [0.717, 1.165) is 37.5 Å². The molecule has 0 radical (unpaired) electrons. The van der Waals surface area contributed by atoms with Gasteiger partial charge in [0.2, 0.25) is 5.91 Å². The van der Waals surface area contributed by atoms with Crippen molar-refractivity contribution in [3.63, 3.8) is 0 Å². The summed E-state index contributed by atoms with van der Waals surface area (Å²) >= 11 is 0. The van der Waals surface area contributed by atoms with Crippen molar-refractivity contribution in [3.8, 4) is 0 Å². The number of ether oxygens (including phenoxy) is 1. The molecule has 1 aromatic rings. The van der Waals surface area contributed by atoms with Gasteiger partial charge in [-0.2, -0.15) is 0 Å². The maximum atomic E-state index is 11.5. The van der Waals surface area contributed by atoms with Crippen LogP contribution in [-0.2, 0) is 16.1 Å². The van der Waals surface area contributed by atoms with Crippen LogP contribution in [0.5, 0.6) is 0 Å². The lowest BCUT2D eigenvalue weighted by atomic mass is 10.4. The first-order valence-corrected chi connectivity index (χ1v) is 8.12. The molecule has 7 nitrogen and oxygen atoms in total. The molecule has 1 aliphatic carbocycles. The first-order chi connectivity index (χ1) is 11.3. The Morgan fingerprint density at radius 3 is 2.78 bits per heavy atom. The van der Waals surface area contributed by atoms with E-state index in [4.69, 9.17) is 9.15 Å². The van der Waals surface area contributed by atoms with Crippen LogP contribution in [-0.4, -0.2) is 45.2 Å². The number of hydrogen-bond acceptors (Lipinski definition) is 4. The summed E-state index contributed by atoms with van der Waals surface area (Å²) in [5.74, 6) is 2.00. The minimum absolute atomic E-state index is 0.170. The van der Waals surface area contributed by atoms with Crippen molar-refractivity contribution in [1.82, 2.24) is 16.0 Å². The molecular formula is C16H26N4O3. The lowest BCUT2D eigenvalue weighted by molar-refractivity contribution is -0.122. The standard InChI is InChI=1S/C16H26N4O3/c1-17-16(20-9-8-18-15(21)13-5-6-13)19-7-3-10-22-12-14-4-2-11-23-14/h2,4,11,13H,3,5-10,12H2,1H3,(H,18,21)(H2,17,19,20). The molecule has 1 aliphatic rings. The van der Waals surface area contributed by atoms with Crippen LogP contribution in [0.3, 0.4) is 0 Å². The van der Waals surface area contributed by atoms with Gasteiger partial charge in [-0.05, 0) is 31.4 Å². The molecule has 1 heterocycles. The number of guanidine groups is 1. The van der Waals surface area contributed by atoms with Gasteiger partial charge in [-0.1, -0.05) is 0 Å². The molecule has 3 N–H and O–H groups in total. The van der Waals surface area contributed by atoms with Gasteiger partial charge >= 0.3 is 0 Å². The highest BCUT2D eigenvalue weighted by Gasteiger charge is 2.28. The summed E-state index contributed by atoms with van der Waals surface area (Å²) in [6, 6.07) is 3.75. The Hall–Kier alpha value is -2.02. The van der Waals surface area contributed by atoms with E-state index in [-0.39, 0.29) is 11.8 Å². The van der Waals surface area contributed by atoms with Crippen molar-refractivity contribution >= 4 is 11.9 Å². The minimum atomic E-state index is 0.170. The first-order valence-electron chi connectivity index (χ1n) is 8.12. The summed E-state index contributed by atoms with van der Waals surface area (Å²) in [6.07, 6.45) is 4.58. The fourth-order valence-electron chi connectivity index (χ4n) is 2.03. The number of furan rings is 1. The predicted molar refractivity (Wildman–Crippen MR) is 88.1 cm³/mol. The largest absolute Gasteiger partial charge is 0.467 e. The number of nitrogens with zero attached hydrogens (tertiary/aromatic N) is 1. The molecule has 1 amide bonds. The topological polar surface area (TPSA) is 87.9 Å². The normalized spacial score (nSPS) is 14.6. The molecule has 0 spiro atoms. The molecule has 23 heavy (non-hydrogen) atoms. The number of amides is 1. The first kappa shape index (κ1) is 17.3. The smallest absolute Gasteiger partial charge is 0.223 e. The molecule has 0 unspecified atom stereocenters. The summed E-state index contributed by atoms with van der Waals surface area (Å²) in [5.41, 5.74) is 0. The van der Waals surface area contributed by atoms with Gasteiger partial charge < -0.3 is 25.1 Å². The van der Waals surface area contributed by atoms with Crippen LogP contribution in [0.25, 0.3) is 0 Å². The Labute approximate surface area is 136 Å². The highest BCUT2D eigenvalue weighted by atomic mass is 16.5. The number of aliphatic imine (C=N–C) groups is 1. The van der Waals surface area contributed by atoms with Crippen molar-refractivity contribution in [3.05, 3.63) is 24.2 Å². The summed E-state index contributed by atoms with van der Waals surface area (Å²) in [4.78, 5) is 15.6. The van der Waals surface area contributed by atoms with E-state index in [1.54, 1.807) is 13.3 Å². The van der Waals surface area contributed by atoms with Gasteiger partial charge in [0.05, 0.1) is 6.26 Å². The third-order valence-corrected chi connectivity index (χ3v) is 3.47. The number of hydrogen-bond donors (Lipinski definition) is 3. The SMILES string of the molecule is CN=C(NCCCOCc1ccco1)NCCNC(=O)C1CC1. The van der Waals surface area contributed by atoms with Crippen molar-refractivity contribution in [2.24, 2.45) is 10.9 Å². The fourth-order valence-corrected chi connectivity index (χ4v) is 2.03. The van der Waals surface area contributed by atoms with E-state index < -0.39 is 0 Å². The van der Waals surface area contributed by atoms with Crippen molar-refractivity contribution < 1.29 is 13.9 Å². The molecule has 0 aliphatic heterocycles. The van der Waals surface area contributed by atoms with E-state index in [2.05, 4.69) is 20.9 Å². The van der Waals surface area contributed by atoms with E-state index in [1.807, 2.05) is 12.1 Å². The van der Waals surface area contributed by atoms with Crippen molar-refractivity contribution in [2.45, 2.75) is 25.9 Å². The van der Waals surface area contributed by atoms with Gasteiger partial charge in [-0.3, -0.25) is 9.79 Å². The maximum absolute atomic E-state index is 11.5. The van der Waals surface area contributed by atoms with E-state index in [0.29, 0.717) is 26.3 Å². The monoisotopic (exact) mass is 322 g/mol. The third-order valence-electron chi connectivity index (χ3n) is 3.47. The summed E-state index contributed by atoms with van der Waals surface area (Å²) in [6.45, 7) is 3.20. The van der Waals surface area contributed by atoms with Crippen LogP contribution in [0.4, 0.5) is 0 Å². The molecule has 0 bridgehead atoms. The molecule has 0 aromatic carbocycles. The fraction of sp³-hybridized carbons (Fsp3) is 0.625. The summed E-state index contributed by atoms with van der Waals surface area (Å²) < 4.78 is 10.7. The van der Waals surface area contributed by atoms with Gasteiger partial charge in [0.15, 0.2) is 5.96 Å². The Kier molecular flexibility index (Phi) is 7.45. The van der Waals surface area contributed by atoms with E-state index >= 15 is 0 Å². The lowest BCUT2D eigenvalue weighted by Crippen LogP contribution is -2.42. The number of carbonyl (C=O) groups is 1. The summed E-state index contributed by atoms with van der Waals surface area (Å²) in [5, 5.41) is 9.28. The number of nitrogens with one attached hydrogen (secondary N) is 3. The minimum Gasteiger partial charge on any atom is -0.467 e. The second kappa shape index (κ2) is 9.89. The van der Waals surface area contributed by atoms with Gasteiger partial charge in [0.25, 0.3) is 0 Å². The second-order valence-electron chi connectivity index (χ2n) is 5.48. The van der Waals surface area contributed by atoms with Gasteiger partial charge in [0, 0.05) is 39.2 Å². The molecule has 1 aromatic heterocycles. The Bertz CT molecular complexity index is 484. The lowest BCUT2D eigenvalue weighted by Gasteiger charge is -2.12. The number of carbonyl (C=O) groups excluding carboxylic acids is 1. The summed E-state index contributed by atoms with van der Waals surface area (Å²) in [7, 11) is 1.73. The molecule has 1 fully saturated rings. The zero-order chi connectivity index (χ0) is 16.3. The zero-order valence-corrected chi connectivity index (χ0v) is 13.6. The molecule has 0 saturated heterocycles. The molecule has 0 atom stereocenters. The van der Waals surface area contributed by atoms with Crippen LogP contribution in [0.2, 0.25) is 0 Å². The van der Waals surface area contributed by atoms with Crippen molar-refractivity contribution in [1.29, 1.82) is 0 Å². The predicted octanol–water partition coefficient (Wildman–Crippen LogP) is 0.877. The number of rotatable bonds is 10. The highest BCUT2D eigenvalue weighted by Crippen LogP contribution is 2.28.